The Balaban J connectivity index is 1.70. The van der Waals surface area contributed by atoms with Gasteiger partial charge < -0.3 is 10.2 Å². The van der Waals surface area contributed by atoms with Crippen molar-refractivity contribution in [2.24, 2.45) is 11.3 Å². The number of nitrogens with one attached hydrogen (secondary N) is 1. The number of benzene rings is 1. The van der Waals surface area contributed by atoms with E-state index >= 15 is 0 Å². The highest BCUT2D eigenvalue weighted by Crippen LogP contribution is 2.31. The van der Waals surface area contributed by atoms with Crippen molar-refractivity contribution in [2.75, 3.05) is 25.0 Å². The van der Waals surface area contributed by atoms with Crippen LogP contribution in [0.1, 0.15) is 32.3 Å². The third kappa shape index (κ3) is 2.67. The molecule has 2 heterocycles. The molecule has 0 saturated carbocycles. The van der Waals surface area contributed by atoms with Crippen LogP contribution >= 0.6 is 0 Å². The predicted molar refractivity (Wildman–Crippen MR) is 81.7 cm³/mol. The first kappa shape index (κ1) is 13.5. The second kappa shape index (κ2) is 5.12. The van der Waals surface area contributed by atoms with Gasteiger partial charge in [0, 0.05) is 25.3 Å². The van der Waals surface area contributed by atoms with Crippen LogP contribution in [0.2, 0.25) is 0 Å². The lowest BCUT2D eigenvalue weighted by Crippen LogP contribution is -2.48. The number of para-hydroxylation sites is 1. The zero-order valence-electron chi connectivity index (χ0n) is 12.5. The summed E-state index contributed by atoms with van der Waals surface area (Å²) < 4.78 is 0. The van der Waals surface area contributed by atoms with Crippen LogP contribution in [0.3, 0.4) is 0 Å². The second-order valence-corrected chi connectivity index (χ2v) is 6.97. The molecule has 1 aromatic rings. The number of rotatable bonds is 1. The van der Waals surface area contributed by atoms with Crippen molar-refractivity contribution >= 4 is 11.6 Å². The zero-order valence-corrected chi connectivity index (χ0v) is 12.5. The lowest BCUT2D eigenvalue weighted by atomic mass is 9.83. The Morgan fingerprint density at radius 3 is 2.95 bits per heavy atom. The third-order valence-corrected chi connectivity index (χ3v) is 4.58. The minimum atomic E-state index is 0.0961. The monoisotopic (exact) mass is 272 g/mol. The van der Waals surface area contributed by atoms with Crippen LogP contribution in [0.25, 0.3) is 0 Å². The average molecular weight is 272 g/mol. The Kier molecular flexibility index (Phi) is 3.45. The van der Waals surface area contributed by atoms with E-state index < -0.39 is 0 Å². The maximum absolute atomic E-state index is 12.7. The molecule has 1 unspecified atom stereocenters. The van der Waals surface area contributed by atoms with Crippen molar-refractivity contribution in [3.63, 3.8) is 0 Å². The van der Waals surface area contributed by atoms with E-state index in [9.17, 15) is 4.79 Å². The van der Waals surface area contributed by atoms with Gasteiger partial charge in [0.15, 0.2) is 0 Å². The van der Waals surface area contributed by atoms with E-state index in [-0.39, 0.29) is 11.3 Å². The number of likely N-dealkylation sites (tertiary alicyclic amines) is 1. The Hall–Kier alpha value is -1.51. The molecular formula is C17H24N2O. The van der Waals surface area contributed by atoms with E-state index in [0.29, 0.717) is 5.91 Å². The summed E-state index contributed by atoms with van der Waals surface area (Å²) in [6.45, 7) is 7.14. The summed E-state index contributed by atoms with van der Waals surface area (Å²) in [4.78, 5) is 14.8. The maximum atomic E-state index is 12.7. The smallest absolute Gasteiger partial charge is 0.227 e. The summed E-state index contributed by atoms with van der Waals surface area (Å²) in [6.07, 6.45) is 3.23. The number of carbonyl (C=O) groups excluding carboxylic acids is 1. The van der Waals surface area contributed by atoms with Gasteiger partial charge in [-0.2, -0.15) is 0 Å². The zero-order chi connectivity index (χ0) is 14.2. The minimum Gasteiger partial charge on any atom is -0.384 e. The number of fused-ring (bicyclic) bond motifs is 1. The Bertz CT molecular complexity index is 509. The van der Waals surface area contributed by atoms with Crippen molar-refractivity contribution in [3.05, 3.63) is 29.8 Å². The van der Waals surface area contributed by atoms with Crippen molar-refractivity contribution in [1.82, 2.24) is 4.90 Å². The van der Waals surface area contributed by atoms with Crippen molar-refractivity contribution in [1.29, 1.82) is 0 Å². The molecule has 108 valence electrons. The summed E-state index contributed by atoms with van der Waals surface area (Å²) in [5, 5.41) is 3.41. The molecule has 0 radical (unpaired) electrons. The van der Waals surface area contributed by atoms with Gasteiger partial charge in [-0.05, 0) is 36.3 Å². The number of anilines is 1. The van der Waals surface area contributed by atoms with Crippen molar-refractivity contribution in [2.45, 2.75) is 33.1 Å². The van der Waals surface area contributed by atoms with Crippen molar-refractivity contribution < 1.29 is 4.79 Å². The van der Waals surface area contributed by atoms with E-state index in [0.717, 1.165) is 32.5 Å². The molecule has 0 spiro atoms. The topological polar surface area (TPSA) is 32.3 Å². The number of carbonyl (C=O) groups is 1. The highest BCUT2D eigenvalue weighted by atomic mass is 16.2. The molecule has 1 fully saturated rings. The van der Waals surface area contributed by atoms with Crippen LogP contribution in [0.4, 0.5) is 5.69 Å². The molecule has 0 aromatic heterocycles. The fraction of sp³-hybridized carbons (Fsp3) is 0.588. The Morgan fingerprint density at radius 1 is 1.35 bits per heavy atom. The van der Waals surface area contributed by atoms with Gasteiger partial charge in [-0.1, -0.05) is 32.0 Å². The standard InChI is InChI=1S/C17H24N2O/c1-17(2)8-5-9-19(12-17)16(20)14-10-13-6-3-4-7-15(13)18-11-14/h3-4,6-7,14,18H,5,8-12H2,1-2H3. The Morgan fingerprint density at radius 2 is 2.15 bits per heavy atom. The van der Waals surface area contributed by atoms with Gasteiger partial charge in [0.2, 0.25) is 5.91 Å². The van der Waals surface area contributed by atoms with E-state index in [1.807, 2.05) is 6.07 Å². The highest BCUT2D eigenvalue weighted by molar-refractivity contribution is 5.81. The average Bonchev–Trinajstić information content (AvgIpc) is 2.45. The highest BCUT2D eigenvalue weighted by Gasteiger charge is 2.33. The summed E-state index contributed by atoms with van der Waals surface area (Å²) in [5.41, 5.74) is 2.73. The molecule has 2 aliphatic heterocycles. The fourth-order valence-electron chi connectivity index (χ4n) is 3.49. The first-order valence-electron chi connectivity index (χ1n) is 7.66. The minimum absolute atomic E-state index is 0.0961. The van der Waals surface area contributed by atoms with Crippen LogP contribution in [-0.4, -0.2) is 30.4 Å². The van der Waals surface area contributed by atoms with Gasteiger partial charge >= 0.3 is 0 Å². The second-order valence-electron chi connectivity index (χ2n) is 6.97. The lowest BCUT2D eigenvalue weighted by Gasteiger charge is -2.40. The molecule has 20 heavy (non-hydrogen) atoms. The molecule has 3 heteroatoms. The number of piperidine rings is 1. The van der Waals surface area contributed by atoms with Crippen LogP contribution in [0.15, 0.2) is 24.3 Å². The van der Waals surface area contributed by atoms with Crippen LogP contribution in [0, 0.1) is 11.3 Å². The van der Waals surface area contributed by atoms with Crippen LogP contribution in [0.5, 0.6) is 0 Å². The number of nitrogens with zero attached hydrogens (tertiary/aromatic N) is 1. The first-order chi connectivity index (χ1) is 9.55. The molecule has 2 aliphatic rings. The predicted octanol–water partition coefficient (Wildman–Crippen LogP) is 2.92. The van der Waals surface area contributed by atoms with Gasteiger partial charge in [0.05, 0.1) is 5.92 Å². The van der Waals surface area contributed by atoms with E-state index in [2.05, 4.69) is 42.3 Å². The lowest BCUT2D eigenvalue weighted by molar-refractivity contribution is -0.138. The van der Waals surface area contributed by atoms with E-state index in [4.69, 9.17) is 0 Å². The summed E-state index contributed by atoms with van der Waals surface area (Å²) in [5.74, 6) is 0.429. The molecule has 3 nitrogen and oxygen atoms in total. The molecule has 0 bridgehead atoms. The fourth-order valence-corrected chi connectivity index (χ4v) is 3.49. The number of amides is 1. The molecule has 1 amide bonds. The number of hydrogen-bond donors (Lipinski definition) is 1. The van der Waals surface area contributed by atoms with Gasteiger partial charge in [0.25, 0.3) is 0 Å². The van der Waals surface area contributed by atoms with Gasteiger partial charge in [0.1, 0.15) is 0 Å². The molecule has 0 aliphatic carbocycles. The van der Waals surface area contributed by atoms with E-state index in [1.165, 1.54) is 17.7 Å². The Labute approximate surface area is 121 Å². The molecule has 1 atom stereocenters. The van der Waals surface area contributed by atoms with Crippen molar-refractivity contribution in [3.8, 4) is 0 Å². The van der Waals surface area contributed by atoms with Gasteiger partial charge in [-0.25, -0.2) is 0 Å². The molecule has 1 aromatic carbocycles. The normalized spacial score (nSPS) is 24.7. The molecule has 1 saturated heterocycles. The quantitative estimate of drug-likeness (QED) is 0.852. The summed E-state index contributed by atoms with van der Waals surface area (Å²) in [6, 6.07) is 8.32. The maximum Gasteiger partial charge on any atom is 0.227 e. The van der Waals surface area contributed by atoms with Gasteiger partial charge in [-0.3, -0.25) is 4.79 Å². The largest absolute Gasteiger partial charge is 0.384 e. The van der Waals surface area contributed by atoms with Gasteiger partial charge in [-0.15, -0.1) is 0 Å². The van der Waals surface area contributed by atoms with Crippen LogP contribution in [-0.2, 0) is 11.2 Å². The number of hydrogen-bond acceptors (Lipinski definition) is 2. The summed E-state index contributed by atoms with van der Waals surface area (Å²) in [7, 11) is 0. The van der Waals surface area contributed by atoms with E-state index in [1.54, 1.807) is 0 Å². The molecule has 1 N–H and O–H groups in total. The van der Waals surface area contributed by atoms with Crippen LogP contribution < -0.4 is 5.32 Å². The summed E-state index contributed by atoms with van der Waals surface area (Å²) >= 11 is 0. The SMILES string of the molecule is CC1(C)CCCN(C(=O)C2CNc3ccccc3C2)C1. The molecule has 3 rings (SSSR count). The first-order valence-corrected chi connectivity index (χ1v) is 7.66. The third-order valence-electron chi connectivity index (χ3n) is 4.58. The molecular weight excluding hydrogens is 248 g/mol.